The third-order valence-corrected chi connectivity index (χ3v) is 8.77. The Morgan fingerprint density at radius 3 is 2.24 bits per heavy atom. The monoisotopic (exact) mass is 546 g/mol. The maximum atomic E-state index is 14.8. The third kappa shape index (κ3) is 7.54. The minimum Gasteiger partial charge on any atom is -0.352 e. The predicted molar refractivity (Wildman–Crippen MR) is 147 cm³/mol. The zero-order valence-corrected chi connectivity index (χ0v) is 23.3. The molecule has 2 aromatic carbocycles. The highest BCUT2D eigenvalue weighted by Gasteiger charge is 2.35. The summed E-state index contributed by atoms with van der Waals surface area (Å²) in [5.74, 6) is -1.57. The van der Waals surface area contributed by atoms with Gasteiger partial charge in [-0.15, -0.1) is 0 Å². The van der Waals surface area contributed by atoms with Gasteiger partial charge in [0.25, 0.3) is 0 Å². The number of hydrogen-bond donors (Lipinski definition) is 1. The van der Waals surface area contributed by atoms with Gasteiger partial charge in [0.1, 0.15) is 18.4 Å². The van der Waals surface area contributed by atoms with E-state index < -0.39 is 34.5 Å². The van der Waals surface area contributed by atoms with Gasteiger partial charge in [0, 0.05) is 26.7 Å². The Kier molecular flexibility index (Phi) is 10.7. The molecule has 208 valence electrons. The molecule has 0 radical (unpaired) electrons. The fourth-order valence-corrected chi connectivity index (χ4v) is 5.86. The van der Waals surface area contributed by atoms with Crippen molar-refractivity contribution < 1.29 is 22.4 Å². The molecule has 0 spiro atoms. The number of nitrogens with zero attached hydrogens (tertiary/aromatic N) is 3. The maximum Gasteiger partial charge on any atom is 0.304 e. The molecule has 0 bridgehead atoms. The van der Waals surface area contributed by atoms with Crippen molar-refractivity contribution in [1.29, 1.82) is 0 Å². The molecule has 1 fully saturated rings. The second-order valence-electron chi connectivity index (χ2n) is 9.84. The van der Waals surface area contributed by atoms with E-state index in [0.717, 1.165) is 52.3 Å². The zero-order valence-electron chi connectivity index (χ0n) is 22.5. The Morgan fingerprint density at radius 2 is 1.63 bits per heavy atom. The molecule has 1 N–H and O–H groups in total. The van der Waals surface area contributed by atoms with E-state index in [1.54, 1.807) is 0 Å². The van der Waals surface area contributed by atoms with E-state index in [1.807, 2.05) is 37.3 Å². The van der Waals surface area contributed by atoms with Crippen molar-refractivity contribution in [2.45, 2.75) is 64.0 Å². The van der Waals surface area contributed by atoms with Crippen molar-refractivity contribution in [1.82, 2.24) is 14.5 Å². The molecule has 2 amide bonds. The Labute approximate surface area is 226 Å². The van der Waals surface area contributed by atoms with Crippen LogP contribution in [-0.2, 0) is 26.2 Å². The van der Waals surface area contributed by atoms with Crippen LogP contribution in [0, 0.1) is 5.82 Å². The van der Waals surface area contributed by atoms with Gasteiger partial charge >= 0.3 is 10.2 Å². The molecule has 1 unspecified atom stereocenters. The number of hydrogen-bond acceptors (Lipinski definition) is 4. The smallest absolute Gasteiger partial charge is 0.304 e. The van der Waals surface area contributed by atoms with E-state index in [1.165, 1.54) is 37.2 Å². The van der Waals surface area contributed by atoms with Crippen molar-refractivity contribution in [3.05, 3.63) is 66.0 Å². The number of halogens is 1. The second-order valence-corrected chi connectivity index (χ2v) is 11.9. The molecule has 10 heteroatoms. The summed E-state index contributed by atoms with van der Waals surface area (Å²) in [6, 6.07) is 14.3. The van der Waals surface area contributed by atoms with Crippen LogP contribution in [0.2, 0.25) is 0 Å². The van der Waals surface area contributed by atoms with E-state index in [4.69, 9.17) is 0 Å². The predicted octanol–water partition coefficient (Wildman–Crippen LogP) is 3.74. The van der Waals surface area contributed by atoms with Crippen molar-refractivity contribution in [2.75, 3.05) is 31.5 Å². The standard InChI is InChI=1S/C28H39FN4O4S/c1-4-25(28(35)30-23-15-9-6-10-16-23)32(20-19-22-13-7-5-8-14-22)27(34)21-33(38(36,37)31(2)3)26-18-12-11-17-24(26)29/h5,7-8,11-14,17-18,23,25H,4,6,9-10,15-16,19-21H2,1-3H3,(H,30,35). The van der Waals surface area contributed by atoms with Crippen molar-refractivity contribution >= 4 is 27.7 Å². The van der Waals surface area contributed by atoms with Crippen LogP contribution in [-0.4, -0.2) is 68.7 Å². The van der Waals surface area contributed by atoms with E-state index in [2.05, 4.69) is 5.32 Å². The summed E-state index contributed by atoms with van der Waals surface area (Å²) in [4.78, 5) is 28.7. The van der Waals surface area contributed by atoms with Crippen molar-refractivity contribution in [2.24, 2.45) is 0 Å². The van der Waals surface area contributed by atoms with Gasteiger partial charge in [-0.1, -0.05) is 68.7 Å². The Bertz CT molecular complexity index is 1170. The molecule has 3 rings (SSSR count). The largest absolute Gasteiger partial charge is 0.352 e. The summed E-state index contributed by atoms with van der Waals surface area (Å²) in [6.45, 7) is 1.41. The molecule has 1 atom stereocenters. The van der Waals surface area contributed by atoms with E-state index >= 15 is 0 Å². The summed E-state index contributed by atoms with van der Waals surface area (Å²) >= 11 is 0. The minimum atomic E-state index is -4.21. The van der Waals surface area contributed by atoms with Gasteiger partial charge in [-0.05, 0) is 43.4 Å². The van der Waals surface area contributed by atoms with E-state index in [-0.39, 0.29) is 24.2 Å². The lowest BCUT2D eigenvalue weighted by Crippen LogP contribution is -2.55. The number of para-hydroxylation sites is 1. The molecule has 38 heavy (non-hydrogen) atoms. The van der Waals surface area contributed by atoms with Crippen LogP contribution < -0.4 is 9.62 Å². The summed E-state index contributed by atoms with van der Waals surface area (Å²) < 4.78 is 42.8. The number of rotatable bonds is 12. The van der Waals surface area contributed by atoms with Crippen LogP contribution in [0.4, 0.5) is 10.1 Å². The first-order valence-corrected chi connectivity index (χ1v) is 14.6. The molecule has 0 aliphatic heterocycles. The zero-order chi connectivity index (χ0) is 27.7. The van der Waals surface area contributed by atoms with Gasteiger partial charge in [-0.2, -0.15) is 12.7 Å². The normalized spacial score (nSPS) is 15.2. The number of nitrogens with one attached hydrogen (secondary N) is 1. The van der Waals surface area contributed by atoms with E-state index in [9.17, 15) is 22.4 Å². The fourth-order valence-electron chi connectivity index (χ4n) is 4.80. The van der Waals surface area contributed by atoms with Crippen molar-refractivity contribution in [3.63, 3.8) is 0 Å². The molecule has 0 aromatic heterocycles. The molecule has 1 saturated carbocycles. The topological polar surface area (TPSA) is 90.0 Å². The third-order valence-electron chi connectivity index (χ3n) is 6.96. The molecule has 0 heterocycles. The highest BCUT2D eigenvalue weighted by molar-refractivity contribution is 7.90. The van der Waals surface area contributed by atoms with Crippen LogP contribution in [0.3, 0.4) is 0 Å². The van der Waals surface area contributed by atoms with Gasteiger partial charge in [0.15, 0.2) is 0 Å². The Hall–Kier alpha value is -2.98. The van der Waals surface area contributed by atoms with Crippen LogP contribution in [0.25, 0.3) is 0 Å². The molecule has 8 nitrogen and oxygen atoms in total. The minimum absolute atomic E-state index is 0.0698. The first kappa shape index (κ1) is 29.6. The van der Waals surface area contributed by atoms with Crippen molar-refractivity contribution in [3.8, 4) is 0 Å². The Morgan fingerprint density at radius 1 is 1.00 bits per heavy atom. The van der Waals surface area contributed by atoms with Crippen LogP contribution in [0.15, 0.2) is 54.6 Å². The quantitative estimate of drug-likeness (QED) is 0.439. The molecule has 2 aromatic rings. The summed E-state index contributed by atoms with van der Waals surface area (Å²) in [6.07, 6.45) is 5.91. The second kappa shape index (κ2) is 13.7. The van der Waals surface area contributed by atoms with Crippen LogP contribution in [0.5, 0.6) is 0 Å². The lowest BCUT2D eigenvalue weighted by Gasteiger charge is -2.35. The Balaban J connectivity index is 1.91. The highest BCUT2D eigenvalue weighted by atomic mass is 32.2. The highest BCUT2D eigenvalue weighted by Crippen LogP contribution is 2.24. The molecular formula is C28H39FN4O4S. The number of carbonyl (C=O) groups is 2. The number of carbonyl (C=O) groups excluding carboxylic acids is 2. The maximum absolute atomic E-state index is 14.8. The number of amides is 2. The van der Waals surface area contributed by atoms with Gasteiger partial charge in [-0.25, -0.2) is 8.70 Å². The van der Waals surface area contributed by atoms with Gasteiger partial charge < -0.3 is 10.2 Å². The van der Waals surface area contributed by atoms with Gasteiger partial charge in [-0.3, -0.25) is 9.59 Å². The lowest BCUT2D eigenvalue weighted by atomic mass is 9.95. The molecule has 1 aliphatic rings. The van der Waals surface area contributed by atoms with Crippen LogP contribution in [0.1, 0.15) is 51.0 Å². The molecule has 0 saturated heterocycles. The van der Waals surface area contributed by atoms with Gasteiger partial charge in [0.2, 0.25) is 11.8 Å². The summed E-state index contributed by atoms with van der Waals surface area (Å²) in [7, 11) is -1.55. The lowest BCUT2D eigenvalue weighted by molar-refractivity contribution is -0.140. The summed E-state index contributed by atoms with van der Waals surface area (Å²) in [5, 5.41) is 3.11. The average molecular weight is 547 g/mol. The number of anilines is 1. The van der Waals surface area contributed by atoms with Crippen LogP contribution >= 0.6 is 0 Å². The number of benzene rings is 2. The molecular weight excluding hydrogens is 507 g/mol. The van der Waals surface area contributed by atoms with Gasteiger partial charge in [0.05, 0.1) is 5.69 Å². The average Bonchev–Trinajstić information content (AvgIpc) is 2.91. The first-order chi connectivity index (χ1) is 18.1. The van der Waals surface area contributed by atoms with E-state index in [0.29, 0.717) is 12.8 Å². The fraction of sp³-hybridized carbons (Fsp3) is 0.500. The first-order valence-electron chi connectivity index (χ1n) is 13.2. The SMILES string of the molecule is CCC(C(=O)NC1CCCCC1)N(CCc1ccccc1)C(=O)CN(c1ccccc1F)S(=O)(=O)N(C)C. The molecule has 1 aliphatic carbocycles. The summed E-state index contributed by atoms with van der Waals surface area (Å²) in [5.41, 5.74) is 0.761.